The number of carboxylic acid groups (broad SMARTS) is 1. The summed E-state index contributed by atoms with van der Waals surface area (Å²) in [6, 6.07) is 8.12. The number of carbonyl (C=O) groups is 4. The fourth-order valence-electron chi connectivity index (χ4n) is 5.12. The summed E-state index contributed by atoms with van der Waals surface area (Å²) in [5.41, 5.74) is 0.205. The van der Waals surface area contributed by atoms with Crippen molar-refractivity contribution in [1.29, 1.82) is 0 Å². The fourth-order valence-corrected chi connectivity index (χ4v) is 5.82. The molecule has 2 atom stereocenters. The SMILES string of the molecule is O=C(O)CC(NC(=O)C1N(C(=O)Cc2cccs2)CCN1C(=O)c1ccc(F)cc1)C1CCCCC1. The predicted molar refractivity (Wildman–Crippen MR) is 132 cm³/mol. The number of nitrogens with one attached hydrogen (secondary N) is 1. The van der Waals surface area contributed by atoms with Gasteiger partial charge in [0.1, 0.15) is 5.82 Å². The Hall–Kier alpha value is -3.27. The molecule has 36 heavy (non-hydrogen) atoms. The number of hydrogen-bond donors (Lipinski definition) is 2. The van der Waals surface area contributed by atoms with Crippen LogP contribution in [0.4, 0.5) is 4.39 Å². The lowest BCUT2D eigenvalue weighted by Crippen LogP contribution is -2.57. The van der Waals surface area contributed by atoms with E-state index in [0.717, 1.165) is 37.0 Å². The second kappa shape index (κ2) is 11.6. The lowest BCUT2D eigenvalue weighted by molar-refractivity contribution is -0.142. The number of rotatable bonds is 8. The highest BCUT2D eigenvalue weighted by Gasteiger charge is 2.44. The van der Waals surface area contributed by atoms with Crippen molar-refractivity contribution < 1.29 is 28.7 Å². The van der Waals surface area contributed by atoms with Crippen molar-refractivity contribution in [1.82, 2.24) is 15.1 Å². The third-order valence-electron chi connectivity index (χ3n) is 6.93. The van der Waals surface area contributed by atoms with E-state index in [9.17, 15) is 28.7 Å². The zero-order chi connectivity index (χ0) is 25.7. The standard InChI is InChI=1S/C26H30FN3O5S/c27-19-10-8-18(9-11-19)26(35)30-13-12-29(22(31)15-20-7-4-14-36-20)25(30)24(34)28-21(16-23(32)33)17-5-2-1-3-6-17/h4,7-11,14,17,21,25H,1-3,5-6,12-13,15-16H2,(H,28,34)(H,32,33). The first-order chi connectivity index (χ1) is 17.3. The number of benzene rings is 1. The van der Waals surface area contributed by atoms with Gasteiger partial charge in [0.25, 0.3) is 11.8 Å². The van der Waals surface area contributed by atoms with Crippen molar-refractivity contribution in [3.63, 3.8) is 0 Å². The van der Waals surface area contributed by atoms with Gasteiger partial charge in [0.2, 0.25) is 5.91 Å². The van der Waals surface area contributed by atoms with E-state index >= 15 is 0 Å². The summed E-state index contributed by atoms with van der Waals surface area (Å²) in [6.07, 6.45) is 3.33. The molecule has 8 nitrogen and oxygen atoms in total. The van der Waals surface area contributed by atoms with Crippen LogP contribution in [0.5, 0.6) is 0 Å². The first-order valence-electron chi connectivity index (χ1n) is 12.2. The number of hydrogen-bond acceptors (Lipinski definition) is 5. The van der Waals surface area contributed by atoms with E-state index in [1.54, 1.807) is 0 Å². The summed E-state index contributed by atoms with van der Waals surface area (Å²) in [5, 5.41) is 14.2. The van der Waals surface area contributed by atoms with Gasteiger partial charge in [0.15, 0.2) is 6.17 Å². The molecule has 0 radical (unpaired) electrons. The Morgan fingerprint density at radius 2 is 1.72 bits per heavy atom. The molecule has 0 spiro atoms. The molecule has 2 aromatic rings. The molecule has 1 saturated carbocycles. The second-order valence-corrected chi connectivity index (χ2v) is 10.4. The van der Waals surface area contributed by atoms with Crippen molar-refractivity contribution in [3.05, 3.63) is 58.0 Å². The van der Waals surface area contributed by atoms with Gasteiger partial charge >= 0.3 is 5.97 Å². The Kier molecular flexibility index (Phi) is 8.35. The Bertz CT molecular complexity index is 1090. The molecular formula is C26H30FN3O5S. The highest BCUT2D eigenvalue weighted by Crippen LogP contribution is 2.29. The Labute approximate surface area is 213 Å². The molecule has 2 N–H and O–H groups in total. The van der Waals surface area contributed by atoms with Crippen LogP contribution >= 0.6 is 11.3 Å². The molecule has 1 aliphatic heterocycles. The molecule has 2 aliphatic rings. The van der Waals surface area contributed by atoms with Crippen molar-refractivity contribution >= 4 is 35.0 Å². The Balaban J connectivity index is 1.59. The van der Waals surface area contributed by atoms with E-state index in [0.29, 0.717) is 0 Å². The summed E-state index contributed by atoms with van der Waals surface area (Å²) in [6.45, 7) is 0.305. The third-order valence-corrected chi connectivity index (χ3v) is 7.80. The maximum Gasteiger partial charge on any atom is 0.305 e. The van der Waals surface area contributed by atoms with Crippen LogP contribution in [0, 0.1) is 11.7 Å². The molecule has 1 saturated heterocycles. The molecule has 1 aromatic carbocycles. The van der Waals surface area contributed by atoms with Crippen molar-refractivity contribution in [3.8, 4) is 0 Å². The zero-order valence-corrected chi connectivity index (χ0v) is 20.7. The van der Waals surface area contributed by atoms with Gasteiger partial charge in [-0.05, 0) is 54.5 Å². The molecule has 2 unspecified atom stereocenters. The highest BCUT2D eigenvalue weighted by molar-refractivity contribution is 7.10. The summed E-state index contributed by atoms with van der Waals surface area (Å²) >= 11 is 1.43. The van der Waals surface area contributed by atoms with Crippen molar-refractivity contribution in [2.75, 3.05) is 13.1 Å². The molecular weight excluding hydrogens is 485 g/mol. The van der Waals surface area contributed by atoms with Gasteiger partial charge in [-0.15, -0.1) is 11.3 Å². The number of carbonyl (C=O) groups excluding carboxylic acids is 3. The van der Waals surface area contributed by atoms with Gasteiger partial charge in [0.05, 0.1) is 12.8 Å². The summed E-state index contributed by atoms with van der Waals surface area (Å²) in [5.74, 6) is -2.83. The first-order valence-corrected chi connectivity index (χ1v) is 13.1. The van der Waals surface area contributed by atoms with E-state index in [-0.39, 0.29) is 43.3 Å². The predicted octanol–water partition coefficient (Wildman–Crippen LogP) is 3.28. The lowest BCUT2D eigenvalue weighted by atomic mass is 9.82. The van der Waals surface area contributed by atoms with E-state index in [1.807, 2.05) is 17.5 Å². The van der Waals surface area contributed by atoms with Crippen molar-refractivity contribution in [2.45, 2.75) is 57.2 Å². The van der Waals surface area contributed by atoms with E-state index in [2.05, 4.69) is 5.32 Å². The van der Waals surface area contributed by atoms with Crippen LogP contribution in [0.2, 0.25) is 0 Å². The lowest BCUT2D eigenvalue weighted by Gasteiger charge is -2.34. The minimum Gasteiger partial charge on any atom is -0.481 e. The zero-order valence-electron chi connectivity index (χ0n) is 19.9. The van der Waals surface area contributed by atoms with E-state index in [4.69, 9.17) is 0 Å². The molecule has 2 heterocycles. The average Bonchev–Trinajstić information content (AvgIpc) is 3.54. The van der Waals surface area contributed by atoms with Gasteiger partial charge in [-0.2, -0.15) is 0 Å². The molecule has 1 aliphatic carbocycles. The molecule has 1 aromatic heterocycles. The number of thiophene rings is 1. The topological polar surface area (TPSA) is 107 Å². The molecule has 192 valence electrons. The third kappa shape index (κ3) is 6.10. The molecule has 3 amide bonds. The van der Waals surface area contributed by atoms with Crippen LogP contribution in [0.3, 0.4) is 0 Å². The number of carboxylic acids is 1. The van der Waals surface area contributed by atoms with Crippen molar-refractivity contribution in [2.24, 2.45) is 5.92 Å². The first kappa shape index (κ1) is 25.8. The minimum atomic E-state index is -1.21. The normalized spacial score (nSPS) is 19.2. The maximum atomic E-state index is 13.6. The summed E-state index contributed by atoms with van der Waals surface area (Å²) < 4.78 is 13.4. The smallest absolute Gasteiger partial charge is 0.305 e. The number of aliphatic carboxylic acids is 1. The van der Waals surface area contributed by atoms with Crippen LogP contribution in [0.25, 0.3) is 0 Å². The summed E-state index contributed by atoms with van der Waals surface area (Å²) in [4.78, 5) is 55.3. The van der Waals surface area contributed by atoms with Gasteiger partial charge in [0, 0.05) is 29.6 Å². The Morgan fingerprint density at radius 1 is 1.03 bits per heavy atom. The molecule has 0 bridgehead atoms. The molecule has 4 rings (SSSR count). The van der Waals surface area contributed by atoms with Gasteiger partial charge in [-0.3, -0.25) is 19.2 Å². The van der Waals surface area contributed by atoms with Crippen LogP contribution < -0.4 is 5.32 Å². The number of nitrogens with zero attached hydrogens (tertiary/aromatic N) is 2. The van der Waals surface area contributed by atoms with Crippen LogP contribution in [0.1, 0.15) is 53.8 Å². The molecule has 2 fully saturated rings. The Morgan fingerprint density at radius 3 is 2.36 bits per heavy atom. The summed E-state index contributed by atoms with van der Waals surface area (Å²) in [7, 11) is 0. The van der Waals surface area contributed by atoms with E-state index < -0.39 is 35.8 Å². The largest absolute Gasteiger partial charge is 0.481 e. The molecule has 10 heteroatoms. The van der Waals surface area contributed by atoms with E-state index in [1.165, 1.54) is 45.4 Å². The second-order valence-electron chi connectivity index (χ2n) is 9.33. The maximum absolute atomic E-state index is 13.6. The fraction of sp³-hybridized carbons (Fsp3) is 0.462. The monoisotopic (exact) mass is 515 g/mol. The van der Waals surface area contributed by atoms with Gasteiger partial charge in [-0.1, -0.05) is 25.3 Å². The number of halogens is 1. The quantitative estimate of drug-likeness (QED) is 0.561. The van der Waals surface area contributed by atoms with Crippen LogP contribution in [-0.4, -0.2) is 63.9 Å². The average molecular weight is 516 g/mol. The van der Waals surface area contributed by atoms with Crippen LogP contribution in [0.15, 0.2) is 41.8 Å². The number of amides is 3. The van der Waals surface area contributed by atoms with Gasteiger partial charge < -0.3 is 20.2 Å². The highest BCUT2D eigenvalue weighted by atomic mass is 32.1. The van der Waals surface area contributed by atoms with Crippen LogP contribution in [-0.2, 0) is 20.8 Å². The van der Waals surface area contributed by atoms with Gasteiger partial charge in [-0.25, -0.2) is 4.39 Å². The minimum absolute atomic E-state index is 0.0247.